The molecule has 30 heavy (non-hydrogen) atoms. The molecule has 0 aliphatic carbocycles. The Morgan fingerprint density at radius 3 is 2.53 bits per heavy atom. The SMILES string of the molecule is C[Si](C)(C)CCOCn1c(/C=N/N2CCN(Cc3ccccc3)CC2)cnc1CO. The van der Waals surface area contributed by atoms with E-state index in [1.165, 1.54) is 5.56 Å². The van der Waals surface area contributed by atoms with Crippen molar-refractivity contribution in [3.63, 3.8) is 0 Å². The Kier molecular flexibility index (Phi) is 8.21. The highest BCUT2D eigenvalue weighted by atomic mass is 28.3. The van der Waals surface area contributed by atoms with E-state index in [9.17, 15) is 5.11 Å². The van der Waals surface area contributed by atoms with Gasteiger partial charge in [0.25, 0.3) is 0 Å². The number of hydrogen-bond donors (Lipinski definition) is 1. The third kappa shape index (κ3) is 7.05. The fraction of sp³-hybridized carbons (Fsp3) is 0.545. The van der Waals surface area contributed by atoms with Gasteiger partial charge >= 0.3 is 0 Å². The molecule has 1 saturated heterocycles. The van der Waals surface area contributed by atoms with Gasteiger partial charge in [-0.3, -0.25) is 9.91 Å². The van der Waals surface area contributed by atoms with Crippen LogP contribution in [0.3, 0.4) is 0 Å². The maximum absolute atomic E-state index is 9.59. The molecule has 0 atom stereocenters. The van der Waals surface area contributed by atoms with Crippen LogP contribution in [0.5, 0.6) is 0 Å². The Hall–Kier alpha value is -2.00. The molecular formula is C22H35N5O2Si. The van der Waals surface area contributed by atoms with Gasteiger partial charge in [0.1, 0.15) is 19.2 Å². The van der Waals surface area contributed by atoms with Gasteiger partial charge in [0.15, 0.2) is 0 Å². The molecule has 7 nitrogen and oxygen atoms in total. The van der Waals surface area contributed by atoms with Gasteiger partial charge in [-0.2, -0.15) is 5.10 Å². The molecule has 0 saturated carbocycles. The predicted molar refractivity (Wildman–Crippen MR) is 123 cm³/mol. The van der Waals surface area contributed by atoms with Gasteiger partial charge in [-0.15, -0.1) is 0 Å². The van der Waals surface area contributed by atoms with E-state index >= 15 is 0 Å². The summed E-state index contributed by atoms with van der Waals surface area (Å²) in [5, 5.41) is 16.4. The number of hydrogen-bond acceptors (Lipinski definition) is 6. The molecule has 0 bridgehead atoms. The van der Waals surface area contributed by atoms with E-state index in [0.717, 1.165) is 51.1 Å². The van der Waals surface area contributed by atoms with Crippen molar-refractivity contribution in [2.45, 2.75) is 45.6 Å². The van der Waals surface area contributed by atoms with Crippen molar-refractivity contribution in [3.05, 3.63) is 53.6 Å². The van der Waals surface area contributed by atoms with Crippen LogP contribution < -0.4 is 0 Å². The molecule has 0 radical (unpaired) electrons. The molecule has 8 heteroatoms. The second kappa shape index (κ2) is 10.9. The first-order chi connectivity index (χ1) is 14.4. The minimum Gasteiger partial charge on any atom is -0.388 e. The third-order valence-corrected chi connectivity index (χ3v) is 6.98. The van der Waals surface area contributed by atoms with Crippen molar-refractivity contribution < 1.29 is 9.84 Å². The number of benzene rings is 1. The topological polar surface area (TPSA) is 66.1 Å². The number of nitrogens with zero attached hydrogens (tertiary/aromatic N) is 5. The molecule has 1 aromatic heterocycles. The molecule has 0 spiro atoms. The molecule has 1 aliphatic heterocycles. The molecule has 1 aliphatic rings. The summed E-state index contributed by atoms with van der Waals surface area (Å²) in [5.74, 6) is 0.608. The summed E-state index contributed by atoms with van der Waals surface area (Å²) in [6, 6.07) is 11.7. The van der Waals surface area contributed by atoms with Gasteiger partial charge in [0, 0.05) is 47.4 Å². The lowest BCUT2D eigenvalue weighted by atomic mass is 10.2. The second-order valence-corrected chi connectivity index (χ2v) is 14.6. The number of rotatable bonds is 10. The zero-order valence-corrected chi connectivity index (χ0v) is 19.5. The third-order valence-electron chi connectivity index (χ3n) is 5.28. The van der Waals surface area contributed by atoms with Gasteiger partial charge < -0.3 is 14.4 Å². The minimum absolute atomic E-state index is 0.108. The summed E-state index contributed by atoms with van der Waals surface area (Å²) in [6.45, 7) is 12.8. The van der Waals surface area contributed by atoms with Crippen LogP contribution in [0, 0.1) is 0 Å². The Bertz CT molecular complexity index is 796. The summed E-state index contributed by atoms with van der Waals surface area (Å²) in [4.78, 5) is 6.77. The fourth-order valence-corrected chi connectivity index (χ4v) is 4.09. The predicted octanol–water partition coefficient (Wildman–Crippen LogP) is 2.84. The van der Waals surface area contributed by atoms with Gasteiger partial charge in [-0.05, 0) is 11.6 Å². The first-order valence-electron chi connectivity index (χ1n) is 10.7. The largest absolute Gasteiger partial charge is 0.388 e. The average molecular weight is 430 g/mol. The van der Waals surface area contributed by atoms with E-state index in [0.29, 0.717) is 12.6 Å². The zero-order valence-electron chi connectivity index (χ0n) is 18.5. The van der Waals surface area contributed by atoms with Crippen molar-refractivity contribution >= 4 is 14.3 Å². The molecule has 3 rings (SSSR count). The first-order valence-corrected chi connectivity index (χ1v) is 14.4. The van der Waals surface area contributed by atoms with Gasteiger partial charge in [-0.25, -0.2) is 4.98 Å². The molecule has 2 aromatic rings. The van der Waals surface area contributed by atoms with Crippen molar-refractivity contribution in [1.29, 1.82) is 0 Å². The van der Waals surface area contributed by atoms with Crippen LogP contribution in [-0.2, 0) is 24.6 Å². The van der Waals surface area contributed by atoms with Crippen molar-refractivity contribution in [2.24, 2.45) is 5.10 Å². The first kappa shape index (κ1) is 22.7. The Morgan fingerprint density at radius 1 is 1.13 bits per heavy atom. The summed E-state index contributed by atoms with van der Waals surface area (Å²) in [6.07, 6.45) is 3.59. The summed E-state index contributed by atoms with van der Waals surface area (Å²) in [7, 11) is -1.12. The Labute approximate surface area is 181 Å². The maximum atomic E-state index is 9.59. The number of imidazole rings is 1. The van der Waals surface area contributed by atoms with E-state index in [1.807, 2.05) is 10.8 Å². The quantitative estimate of drug-likeness (QED) is 0.357. The number of aromatic nitrogens is 2. The van der Waals surface area contributed by atoms with Crippen LogP contribution in [0.1, 0.15) is 17.1 Å². The van der Waals surface area contributed by atoms with Crippen LogP contribution in [0.15, 0.2) is 41.6 Å². The monoisotopic (exact) mass is 429 g/mol. The average Bonchev–Trinajstić information content (AvgIpc) is 3.12. The van der Waals surface area contributed by atoms with Crippen LogP contribution in [-0.4, -0.2) is 71.6 Å². The molecule has 2 heterocycles. The number of piperazine rings is 1. The van der Waals surface area contributed by atoms with Gasteiger partial charge in [-0.1, -0.05) is 50.0 Å². The van der Waals surface area contributed by atoms with Gasteiger partial charge in [0.2, 0.25) is 0 Å². The molecular weight excluding hydrogens is 394 g/mol. The number of aliphatic hydroxyl groups excluding tert-OH is 1. The van der Waals surface area contributed by atoms with E-state index in [2.05, 4.69) is 70.0 Å². The molecule has 1 fully saturated rings. The van der Waals surface area contributed by atoms with Crippen LogP contribution in [0.4, 0.5) is 0 Å². The Morgan fingerprint density at radius 2 is 1.87 bits per heavy atom. The normalized spacial score (nSPS) is 15.9. The summed E-state index contributed by atoms with van der Waals surface area (Å²) < 4.78 is 7.77. The number of ether oxygens (including phenoxy) is 1. The standard InChI is InChI=1S/C22H35N5O2Si/c1-30(2,3)14-13-29-19-27-21(15-23-22(27)18-28)16-24-26-11-9-25(10-12-26)17-20-7-5-4-6-8-20/h4-8,15-16,28H,9-14,17-19H2,1-3H3/b24-16+. The highest BCUT2D eigenvalue weighted by Crippen LogP contribution is 2.11. The van der Waals surface area contributed by atoms with E-state index in [1.54, 1.807) is 6.20 Å². The summed E-state index contributed by atoms with van der Waals surface area (Å²) >= 11 is 0. The van der Waals surface area contributed by atoms with Crippen LogP contribution in [0.25, 0.3) is 0 Å². The highest BCUT2D eigenvalue weighted by Gasteiger charge is 2.16. The van der Waals surface area contributed by atoms with Crippen molar-refractivity contribution in [3.8, 4) is 0 Å². The van der Waals surface area contributed by atoms with E-state index in [4.69, 9.17) is 4.74 Å². The van der Waals surface area contributed by atoms with Crippen LogP contribution >= 0.6 is 0 Å². The molecule has 1 N–H and O–H groups in total. The molecule has 0 amide bonds. The summed E-state index contributed by atoms with van der Waals surface area (Å²) in [5.41, 5.74) is 2.21. The fourth-order valence-electron chi connectivity index (χ4n) is 3.33. The van der Waals surface area contributed by atoms with Crippen molar-refractivity contribution in [1.82, 2.24) is 19.5 Å². The zero-order chi connectivity index (χ0) is 21.4. The molecule has 0 unspecified atom stereocenters. The molecule has 1 aromatic carbocycles. The Balaban J connectivity index is 1.50. The lowest BCUT2D eigenvalue weighted by Crippen LogP contribution is -2.43. The number of aliphatic hydroxyl groups is 1. The van der Waals surface area contributed by atoms with E-state index < -0.39 is 8.07 Å². The lowest BCUT2D eigenvalue weighted by molar-refractivity contribution is 0.0813. The van der Waals surface area contributed by atoms with Crippen molar-refractivity contribution in [2.75, 3.05) is 32.8 Å². The second-order valence-electron chi connectivity index (χ2n) is 8.99. The lowest BCUT2D eigenvalue weighted by Gasteiger charge is -2.33. The molecule has 164 valence electrons. The smallest absolute Gasteiger partial charge is 0.136 e. The van der Waals surface area contributed by atoms with Gasteiger partial charge in [0.05, 0.1) is 18.1 Å². The highest BCUT2D eigenvalue weighted by molar-refractivity contribution is 6.76. The number of hydrazone groups is 1. The van der Waals surface area contributed by atoms with E-state index in [-0.39, 0.29) is 6.61 Å². The maximum Gasteiger partial charge on any atom is 0.136 e. The van der Waals surface area contributed by atoms with Crippen LogP contribution in [0.2, 0.25) is 25.7 Å². The minimum atomic E-state index is -1.12.